The van der Waals surface area contributed by atoms with Crippen LogP contribution in [0.3, 0.4) is 0 Å². The molecule has 4 N–H and O–H groups in total. The van der Waals surface area contributed by atoms with E-state index in [2.05, 4.69) is 4.90 Å². The molecule has 0 radical (unpaired) electrons. The number of amides is 1. The molecule has 0 bridgehead atoms. The Labute approximate surface area is 113 Å². The van der Waals surface area contributed by atoms with Crippen molar-refractivity contribution in [2.45, 2.75) is 38.1 Å². The number of primary amides is 1. The minimum absolute atomic E-state index is 0.421. The van der Waals surface area contributed by atoms with E-state index in [-0.39, 0.29) is 0 Å². The lowest BCUT2D eigenvalue weighted by Gasteiger charge is -2.40. The molecule has 2 unspecified atom stereocenters. The number of nitrogen functional groups attached to an aromatic ring is 1. The molecule has 1 aromatic rings. The summed E-state index contributed by atoms with van der Waals surface area (Å²) in [5, 5.41) is 0. The number of piperidine rings is 1. The van der Waals surface area contributed by atoms with Gasteiger partial charge in [-0.2, -0.15) is 0 Å². The van der Waals surface area contributed by atoms with Crippen molar-refractivity contribution in [2.24, 2.45) is 11.7 Å². The fourth-order valence-corrected chi connectivity index (χ4v) is 3.72. The van der Waals surface area contributed by atoms with Gasteiger partial charge in [-0.1, -0.05) is 6.42 Å². The fraction of sp³-hybridized carbons (Fsp3) is 0.533. The maximum absolute atomic E-state index is 11.2. The number of nitrogens with zero attached hydrogens (tertiary/aromatic N) is 1. The van der Waals surface area contributed by atoms with E-state index >= 15 is 0 Å². The van der Waals surface area contributed by atoms with Crippen LogP contribution in [0.15, 0.2) is 18.2 Å². The normalized spacial score (nSPS) is 26.2. The number of hydrogen-bond acceptors (Lipinski definition) is 3. The second-order valence-corrected chi connectivity index (χ2v) is 5.73. The minimum Gasteiger partial charge on any atom is -0.397 e. The SMILES string of the molecule is NC(=O)c1ccc(N2CCCC3CCCC32)c(N)c1. The number of carbonyl (C=O) groups is 1. The zero-order valence-corrected chi connectivity index (χ0v) is 11.1. The summed E-state index contributed by atoms with van der Waals surface area (Å²) >= 11 is 0. The summed E-state index contributed by atoms with van der Waals surface area (Å²) in [5.74, 6) is 0.402. The topological polar surface area (TPSA) is 72.4 Å². The van der Waals surface area contributed by atoms with E-state index in [9.17, 15) is 4.79 Å². The molecule has 1 aliphatic carbocycles. The monoisotopic (exact) mass is 259 g/mol. The third-order valence-corrected chi connectivity index (χ3v) is 4.61. The van der Waals surface area contributed by atoms with Gasteiger partial charge in [-0.25, -0.2) is 0 Å². The van der Waals surface area contributed by atoms with Crippen molar-refractivity contribution in [1.82, 2.24) is 0 Å². The Kier molecular flexibility index (Phi) is 3.09. The summed E-state index contributed by atoms with van der Waals surface area (Å²) in [7, 11) is 0. The highest BCUT2D eigenvalue weighted by molar-refractivity contribution is 5.95. The number of fused-ring (bicyclic) bond motifs is 1. The minimum atomic E-state index is -0.421. The van der Waals surface area contributed by atoms with Crippen LogP contribution in [0.1, 0.15) is 42.5 Å². The van der Waals surface area contributed by atoms with Crippen molar-refractivity contribution >= 4 is 17.3 Å². The maximum Gasteiger partial charge on any atom is 0.248 e. The van der Waals surface area contributed by atoms with Gasteiger partial charge in [-0.05, 0) is 49.8 Å². The number of rotatable bonds is 2. The van der Waals surface area contributed by atoms with E-state index in [0.717, 1.165) is 18.2 Å². The van der Waals surface area contributed by atoms with Crippen molar-refractivity contribution in [3.63, 3.8) is 0 Å². The standard InChI is InChI=1S/C15H21N3O/c16-12-9-11(15(17)19)6-7-14(12)18-8-2-4-10-3-1-5-13(10)18/h6-7,9-10,13H,1-5,8,16H2,(H2,17,19). The third-order valence-electron chi connectivity index (χ3n) is 4.61. The second-order valence-electron chi connectivity index (χ2n) is 5.73. The summed E-state index contributed by atoms with van der Waals surface area (Å²) < 4.78 is 0. The highest BCUT2D eigenvalue weighted by Crippen LogP contribution is 2.40. The number of hydrogen-bond donors (Lipinski definition) is 2. The lowest BCUT2D eigenvalue weighted by atomic mass is 9.91. The number of anilines is 2. The summed E-state index contributed by atoms with van der Waals surface area (Å²) in [6.45, 7) is 1.07. The van der Waals surface area contributed by atoms with Crippen LogP contribution in [0.2, 0.25) is 0 Å². The van der Waals surface area contributed by atoms with Crippen LogP contribution in [0.25, 0.3) is 0 Å². The van der Waals surface area contributed by atoms with Crippen molar-refractivity contribution in [2.75, 3.05) is 17.2 Å². The average Bonchev–Trinajstić information content (AvgIpc) is 2.86. The zero-order chi connectivity index (χ0) is 13.4. The van der Waals surface area contributed by atoms with E-state index in [1.807, 2.05) is 6.07 Å². The van der Waals surface area contributed by atoms with Crippen LogP contribution in [0.4, 0.5) is 11.4 Å². The van der Waals surface area contributed by atoms with E-state index < -0.39 is 5.91 Å². The first-order valence-electron chi connectivity index (χ1n) is 7.13. The molecule has 2 fully saturated rings. The maximum atomic E-state index is 11.2. The Balaban J connectivity index is 1.90. The van der Waals surface area contributed by atoms with Gasteiger partial charge in [0.05, 0.1) is 11.4 Å². The van der Waals surface area contributed by atoms with Crippen molar-refractivity contribution in [3.8, 4) is 0 Å². The molecule has 1 heterocycles. The first kappa shape index (κ1) is 12.3. The molecule has 102 valence electrons. The molecule has 4 heteroatoms. The smallest absolute Gasteiger partial charge is 0.248 e. The van der Waals surface area contributed by atoms with Crippen LogP contribution in [0, 0.1) is 5.92 Å². The molecule has 1 amide bonds. The van der Waals surface area contributed by atoms with Gasteiger partial charge in [-0.15, -0.1) is 0 Å². The summed E-state index contributed by atoms with van der Waals surface area (Å²) in [4.78, 5) is 13.6. The lowest BCUT2D eigenvalue weighted by Crippen LogP contribution is -2.43. The average molecular weight is 259 g/mol. The van der Waals surface area contributed by atoms with Crippen LogP contribution in [0.5, 0.6) is 0 Å². The molecule has 0 aromatic heterocycles. The van der Waals surface area contributed by atoms with Crippen LogP contribution in [-0.2, 0) is 0 Å². The second kappa shape index (κ2) is 4.76. The Bertz CT molecular complexity index is 500. The first-order chi connectivity index (χ1) is 9.16. The fourth-order valence-electron chi connectivity index (χ4n) is 3.72. The molecule has 1 aromatic carbocycles. The molecule has 2 aliphatic rings. The quantitative estimate of drug-likeness (QED) is 0.799. The molecule has 4 nitrogen and oxygen atoms in total. The Morgan fingerprint density at radius 2 is 2.00 bits per heavy atom. The molecule has 0 spiro atoms. The first-order valence-corrected chi connectivity index (χ1v) is 7.13. The van der Waals surface area contributed by atoms with Gasteiger partial charge in [0, 0.05) is 18.2 Å². The Morgan fingerprint density at radius 3 is 2.74 bits per heavy atom. The van der Waals surface area contributed by atoms with E-state index in [1.54, 1.807) is 12.1 Å². The predicted molar refractivity (Wildman–Crippen MR) is 77.1 cm³/mol. The van der Waals surface area contributed by atoms with E-state index in [1.165, 1.54) is 32.1 Å². The number of benzene rings is 1. The third kappa shape index (κ3) is 2.15. The van der Waals surface area contributed by atoms with Gasteiger partial charge in [0.1, 0.15) is 0 Å². The van der Waals surface area contributed by atoms with Crippen molar-refractivity contribution in [3.05, 3.63) is 23.8 Å². The number of nitrogens with two attached hydrogens (primary N) is 2. The Morgan fingerprint density at radius 1 is 1.21 bits per heavy atom. The molecule has 3 rings (SSSR count). The highest BCUT2D eigenvalue weighted by atomic mass is 16.1. The zero-order valence-electron chi connectivity index (χ0n) is 11.1. The molecular weight excluding hydrogens is 238 g/mol. The van der Waals surface area contributed by atoms with Gasteiger partial charge in [0.2, 0.25) is 5.91 Å². The van der Waals surface area contributed by atoms with Crippen molar-refractivity contribution in [1.29, 1.82) is 0 Å². The van der Waals surface area contributed by atoms with Crippen LogP contribution >= 0.6 is 0 Å². The largest absolute Gasteiger partial charge is 0.397 e. The molecule has 1 saturated heterocycles. The molecule has 2 atom stereocenters. The lowest BCUT2D eigenvalue weighted by molar-refractivity contribution is 0.100. The van der Waals surface area contributed by atoms with Gasteiger partial charge in [0.25, 0.3) is 0 Å². The van der Waals surface area contributed by atoms with Crippen LogP contribution in [-0.4, -0.2) is 18.5 Å². The van der Waals surface area contributed by atoms with E-state index in [4.69, 9.17) is 11.5 Å². The molecule has 19 heavy (non-hydrogen) atoms. The van der Waals surface area contributed by atoms with Crippen molar-refractivity contribution < 1.29 is 4.79 Å². The number of carbonyl (C=O) groups excluding carboxylic acids is 1. The van der Waals surface area contributed by atoms with Gasteiger partial charge < -0.3 is 16.4 Å². The summed E-state index contributed by atoms with van der Waals surface area (Å²) in [5.41, 5.74) is 13.6. The predicted octanol–water partition coefficient (Wildman–Crippen LogP) is 2.14. The summed E-state index contributed by atoms with van der Waals surface area (Å²) in [6.07, 6.45) is 6.52. The van der Waals surface area contributed by atoms with Gasteiger partial charge >= 0.3 is 0 Å². The van der Waals surface area contributed by atoms with Crippen LogP contribution < -0.4 is 16.4 Å². The molecule has 1 saturated carbocycles. The summed E-state index contributed by atoms with van der Waals surface area (Å²) in [6, 6.07) is 6.08. The molecular formula is C15H21N3O. The van der Waals surface area contributed by atoms with Gasteiger partial charge in [0.15, 0.2) is 0 Å². The van der Waals surface area contributed by atoms with E-state index in [0.29, 0.717) is 17.3 Å². The molecule has 1 aliphatic heterocycles. The highest BCUT2D eigenvalue weighted by Gasteiger charge is 2.35. The van der Waals surface area contributed by atoms with Gasteiger partial charge in [-0.3, -0.25) is 4.79 Å². The Hall–Kier alpha value is -1.71.